The highest BCUT2D eigenvalue weighted by Gasteiger charge is 2.01. The molecule has 0 bridgehead atoms. The minimum atomic E-state index is 0.598. The number of hydrogen-bond donors (Lipinski definition) is 1. The van der Waals surface area contributed by atoms with Crippen molar-refractivity contribution >= 4 is 23.0 Å². The fraction of sp³-hybridized carbons (Fsp3) is 0.200. The van der Waals surface area contributed by atoms with Crippen molar-refractivity contribution in [3.63, 3.8) is 0 Å². The van der Waals surface area contributed by atoms with Crippen molar-refractivity contribution in [1.82, 2.24) is 0 Å². The SMILES string of the molecule is CN(CCOc1cccc(Cl)c1)c1ccc(N)cc1. The Kier molecular flexibility index (Phi) is 4.53. The van der Waals surface area contributed by atoms with Crippen molar-refractivity contribution in [3.8, 4) is 5.75 Å². The summed E-state index contributed by atoms with van der Waals surface area (Å²) in [6.45, 7) is 1.39. The first kappa shape index (κ1) is 13.6. The second kappa shape index (κ2) is 6.34. The predicted molar refractivity (Wildman–Crippen MR) is 81.1 cm³/mol. The summed E-state index contributed by atoms with van der Waals surface area (Å²) in [6.07, 6.45) is 0. The van der Waals surface area contributed by atoms with Crippen LogP contribution in [0.4, 0.5) is 11.4 Å². The van der Waals surface area contributed by atoms with Crippen molar-refractivity contribution < 1.29 is 4.74 Å². The summed E-state index contributed by atoms with van der Waals surface area (Å²) in [5, 5.41) is 0.685. The van der Waals surface area contributed by atoms with Gasteiger partial charge in [-0.15, -0.1) is 0 Å². The van der Waals surface area contributed by atoms with Crippen LogP contribution in [-0.4, -0.2) is 20.2 Å². The maximum atomic E-state index is 5.89. The fourth-order valence-electron chi connectivity index (χ4n) is 1.72. The van der Waals surface area contributed by atoms with Crippen LogP contribution in [0.15, 0.2) is 48.5 Å². The van der Waals surface area contributed by atoms with Gasteiger partial charge < -0.3 is 15.4 Å². The number of likely N-dealkylation sites (N-methyl/N-ethyl adjacent to an activating group) is 1. The number of rotatable bonds is 5. The maximum absolute atomic E-state index is 5.89. The summed E-state index contributed by atoms with van der Waals surface area (Å²) in [5.74, 6) is 0.790. The molecule has 0 atom stereocenters. The van der Waals surface area contributed by atoms with Gasteiger partial charge in [-0.05, 0) is 42.5 Å². The lowest BCUT2D eigenvalue weighted by molar-refractivity contribution is 0.326. The average Bonchev–Trinajstić information content (AvgIpc) is 2.39. The largest absolute Gasteiger partial charge is 0.492 e. The van der Waals surface area contributed by atoms with Crippen molar-refractivity contribution in [2.45, 2.75) is 0 Å². The van der Waals surface area contributed by atoms with E-state index in [0.29, 0.717) is 11.6 Å². The molecule has 2 aromatic carbocycles. The molecule has 0 amide bonds. The minimum Gasteiger partial charge on any atom is -0.492 e. The Hall–Kier alpha value is -1.87. The summed E-state index contributed by atoms with van der Waals surface area (Å²) in [4.78, 5) is 2.12. The average molecular weight is 277 g/mol. The molecule has 0 heterocycles. The number of nitrogens with two attached hydrogens (primary N) is 1. The monoisotopic (exact) mass is 276 g/mol. The van der Waals surface area contributed by atoms with Gasteiger partial charge in [-0.25, -0.2) is 0 Å². The van der Waals surface area contributed by atoms with Crippen molar-refractivity contribution in [1.29, 1.82) is 0 Å². The van der Waals surface area contributed by atoms with Crippen LogP contribution in [0.3, 0.4) is 0 Å². The summed E-state index contributed by atoms with van der Waals surface area (Å²) in [5.41, 5.74) is 7.55. The summed E-state index contributed by atoms with van der Waals surface area (Å²) in [7, 11) is 2.02. The molecule has 0 aliphatic carbocycles. The lowest BCUT2D eigenvalue weighted by Crippen LogP contribution is -2.23. The molecule has 0 radical (unpaired) electrons. The van der Waals surface area contributed by atoms with Gasteiger partial charge in [0, 0.05) is 23.4 Å². The highest BCUT2D eigenvalue weighted by atomic mass is 35.5. The number of hydrogen-bond acceptors (Lipinski definition) is 3. The third-order valence-corrected chi connectivity index (χ3v) is 3.06. The smallest absolute Gasteiger partial charge is 0.120 e. The molecule has 0 aromatic heterocycles. The maximum Gasteiger partial charge on any atom is 0.120 e. The lowest BCUT2D eigenvalue weighted by atomic mass is 10.2. The van der Waals surface area contributed by atoms with Gasteiger partial charge in [0.2, 0.25) is 0 Å². The second-order valence-corrected chi connectivity index (χ2v) is 4.76. The third kappa shape index (κ3) is 4.07. The van der Waals surface area contributed by atoms with E-state index < -0.39 is 0 Å². The molecule has 2 N–H and O–H groups in total. The Morgan fingerprint density at radius 1 is 1.16 bits per heavy atom. The zero-order valence-corrected chi connectivity index (χ0v) is 11.6. The highest BCUT2D eigenvalue weighted by Crippen LogP contribution is 2.18. The molecular weight excluding hydrogens is 260 g/mol. The molecule has 100 valence electrons. The Balaban J connectivity index is 1.84. The van der Waals surface area contributed by atoms with Crippen LogP contribution in [0.5, 0.6) is 5.75 Å². The van der Waals surface area contributed by atoms with E-state index in [-0.39, 0.29) is 0 Å². The molecule has 0 unspecified atom stereocenters. The van der Waals surface area contributed by atoms with Gasteiger partial charge in [0.15, 0.2) is 0 Å². The summed E-state index contributed by atoms with van der Waals surface area (Å²) >= 11 is 5.89. The Morgan fingerprint density at radius 3 is 2.58 bits per heavy atom. The molecule has 0 saturated heterocycles. The van der Waals surface area contributed by atoms with Gasteiger partial charge >= 0.3 is 0 Å². The molecule has 4 heteroatoms. The molecular formula is C15H17ClN2O. The van der Waals surface area contributed by atoms with E-state index in [9.17, 15) is 0 Å². The van der Waals surface area contributed by atoms with Gasteiger partial charge in [-0.2, -0.15) is 0 Å². The molecule has 0 aliphatic rings. The molecule has 2 aromatic rings. The van der Waals surface area contributed by atoms with Crippen LogP contribution in [0.25, 0.3) is 0 Å². The molecule has 3 nitrogen and oxygen atoms in total. The second-order valence-electron chi connectivity index (χ2n) is 4.32. The van der Waals surface area contributed by atoms with E-state index in [1.54, 1.807) is 0 Å². The number of anilines is 2. The quantitative estimate of drug-likeness (QED) is 0.850. The number of halogens is 1. The van der Waals surface area contributed by atoms with Crippen LogP contribution in [0, 0.1) is 0 Å². The van der Waals surface area contributed by atoms with Gasteiger partial charge in [0.1, 0.15) is 12.4 Å². The third-order valence-electron chi connectivity index (χ3n) is 2.83. The first-order valence-corrected chi connectivity index (χ1v) is 6.48. The van der Waals surface area contributed by atoms with E-state index in [1.165, 1.54) is 0 Å². The summed E-state index contributed by atoms with van der Waals surface area (Å²) < 4.78 is 5.65. The Labute approximate surface area is 118 Å². The normalized spacial score (nSPS) is 10.2. The van der Waals surface area contributed by atoms with Crippen LogP contribution in [-0.2, 0) is 0 Å². The highest BCUT2D eigenvalue weighted by molar-refractivity contribution is 6.30. The summed E-state index contributed by atoms with van der Waals surface area (Å²) in [6, 6.07) is 15.2. The van der Waals surface area contributed by atoms with E-state index in [2.05, 4.69) is 4.90 Å². The van der Waals surface area contributed by atoms with Crippen LogP contribution < -0.4 is 15.4 Å². The predicted octanol–water partition coefficient (Wildman–Crippen LogP) is 3.44. The van der Waals surface area contributed by atoms with Crippen LogP contribution in [0.1, 0.15) is 0 Å². The molecule has 0 spiro atoms. The fourth-order valence-corrected chi connectivity index (χ4v) is 1.90. The standard InChI is InChI=1S/C15H17ClN2O/c1-18(14-7-5-13(17)6-8-14)9-10-19-15-4-2-3-12(16)11-15/h2-8,11H,9-10,17H2,1H3. The first-order chi connectivity index (χ1) is 9.15. The van der Waals surface area contributed by atoms with E-state index in [4.69, 9.17) is 22.1 Å². The molecule has 2 rings (SSSR count). The number of nitrogen functional groups attached to an aromatic ring is 1. The van der Waals surface area contributed by atoms with Crippen LogP contribution >= 0.6 is 11.6 Å². The Bertz CT molecular complexity index is 528. The minimum absolute atomic E-state index is 0.598. The number of ether oxygens (including phenoxy) is 1. The first-order valence-electron chi connectivity index (χ1n) is 6.10. The van der Waals surface area contributed by atoms with Crippen molar-refractivity contribution in [2.24, 2.45) is 0 Å². The van der Waals surface area contributed by atoms with Crippen molar-refractivity contribution in [2.75, 3.05) is 30.8 Å². The van der Waals surface area contributed by atoms with E-state index >= 15 is 0 Å². The Morgan fingerprint density at radius 2 is 1.89 bits per heavy atom. The molecule has 0 aliphatic heterocycles. The zero-order chi connectivity index (χ0) is 13.7. The number of benzene rings is 2. The van der Waals surface area contributed by atoms with Crippen LogP contribution in [0.2, 0.25) is 5.02 Å². The molecule has 0 fully saturated rings. The molecule has 19 heavy (non-hydrogen) atoms. The van der Waals surface area contributed by atoms with Crippen molar-refractivity contribution in [3.05, 3.63) is 53.6 Å². The topological polar surface area (TPSA) is 38.5 Å². The molecule has 0 saturated carbocycles. The lowest BCUT2D eigenvalue weighted by Gasteiger charge is -2.19. The van der Waals surface area contributed by atoms with E-state index in [1.807, 2.05) is 55.6 Å². The van der Waals surface area contributed by atoms with Gasteiger partial charge in [0.25, 0.3) is 0 Å². The van der Waals surface area contributed by atoms with E-state index in [0.717, 1.165) is 23.7 Å². The van der Waals surface area contributed by atoms with Gasteiger partial charge in [-0.1, -0.05) is 17.7 Å². The van der Waals surface area contributed by atoms with Gasteiger partial charge in [0.05, 0.1) is 6.54 Å². The van der Waals surface area contributed by atoms with Gasteiger partial charge in [-0.3, -0.25) is 0 Å². The zero-order valence-electron chi connectivity index (χ0n) is 10.8. The number of nitrogens with zero attached hydrogens (tertiary/aromatic N) is 1.